The fourth-order valence-electron chi connectivity index (χ4n) is 3.93. The van der Waals surface area contributed by atoms with Crippen molar-refractivity contribution >= 4 is 12.0 Å². The van der Waals surface area contributed by atoms with Crippen molar-refractivity contribution in [3.63, 3.8) is 0 Å². The highest BCUT2D eigenvalue weighted by atomic mass is 16.6. The van der Waals surface area contributed by atoms with Gasteiger partial charge in [0.05, 0.1) is 6.20 Å². The fraction of sp³-hybridized carbons (Fsp3) is 0.522. The molecule has 0 spiro atoms. The third kappa shape index (κ3) is 4.66. The Morgan fingerprint density at radius 3 is 2.20 bits per heavy atom. The van der Waals surface area contributed by atoms with Crippen LogP contribution in [-0.4, -0.2) is 57.7 Å². The summed E-state index contributed by atoms with van der Waals surface area (Å²) in [4.78, 5) is 29.4. The number of likely N-dealkylation sites (tertiary alicyclic amines) is 1. The van der Waals surface area contributed by atoms with Crippen LogP contribution in [0.5, 0.6) is 0 Å². The van der Waals surface area contributed by atoms with E-state index >= 15 is 0 Å². The molecule has 0 N–H and O–H groups in total. The molecule has 2 fully saturated rings. The quantitative estimate of drug-likeness (QED) is 0.748. The monoisotopic (exact) mass is 411 g/mol. The molecule has 2 amide bonds. The lowest BCUT2D eigenvalue weighted by molar-refractivity contribution is 0.0142. The molecule has 7 nitrogen and oxygen atoms in total. The van der Waals surface area contributed by atoms with Crippen LogP contribution >= 0.6 is 0 Å². The number of carbonyl (C=O) groups excluding carboxylic acids is 2. The van der Waals surface area contributed by atoms with E-state index in [0.29, 0.717) is 30.5 Å². The predicted octanol–water partition coefficient (Wildman–Crippen LogP) is 4.35. The summed E-state index contributed by atoms with van der Waals surface area (Å²) in [5.41, 5.74) is 1.08. The lowest BCUT2D eigenvalue weighted by Gasteiger charge is -2.39. The van der Waals surface area contributed by atoms with E-state index in [9.17, 15) is 9.59 Å². The molecule has 1 aromatic heterocycles. The van der Waals surface area contributed by atoms with Gasteiger partial charge in [0.25, 0.3) is 5.91 Å². The fourth-order valence-corrected chi connectivity index (χ4v) is 3.93. The van der Waals surface area contributed by atoms with Gasteiger partial charge in [-0.15, -0.1) is 0 Å². The Morgan fingerprint density at radius 1 is 1.03 bits per heavy atom. The van der Waals surface area contributed by atoms with E-state index in [1.807, 2.05) is 45.0 Å². The number of aromatic nitrogens is 1. The zero-order valence-electron chi connectivity index (χ0n) is 17.8. The molecule has 30 heavy (non-hydrogen) atoms. The molecule has 0 radical (unpaired) electrons. The molecule has 2 aliphatic rings. The molecule has 160 valence electrons. The van der Waals surface area contributed by atoms with Crippen molar-refractivity contribution in [1.82, 2.24) is 15.0 Å². The van der Waals surface area contributed by atoms with Gasteiger partial charge in [-0.3, -0.25) is 4.79 Å². The van der Waals surface area contributed by atoms with Crippen molar-refractivity contribution in [2.24, 2.45) is 0 Å². The Labute approximate surface area is 177 Å². The Balaban J connectivity index is 1.41. The minimum Gasteiger partial charge on any atom is -0.444 e. The van der Waals surface area contributed by atoms with Gasteiger partial charge in [-0.05, 0) is 58.6 Å². The van der Waals surface area contributed by atoms with Gasteiger partial charge in [-0.1, -0.05) is 17.3 Å². The number of benzene rings is 1. The second-order valence-corrected chi connectivity index (χ2v) is 9.10. The van der Waals surface area contributed by atoms with Crippen molar-refractivity contribution in [2.45, 2.75) is 64.1 Å². The van der Waals surface area contributed by atoms with Gasteiger partial charge in [0.2, 0.25) is 0 Å². The van der Waals surface area contributed by atoms with E-state index in [4.69, 9.17) is 9.26 Å². The highest BCUT2D eigenvalue weighted by Crippen LogP contribution is 2.34. The van der Waals surface area contributed by atoms with Gasteiger partial charge in [-0.25, -0.2) is 4.79 Å². The lowest BCUT2D eigenvalue weighted by Crippen LogP contribution is -2.50. The summed E-state index contributed by atoms with van der Waals surface area (Å²) in [7, 11) is 0. The summed E-state index contributed by atoms with van der Waals surface area (Å²) in [6, 6.07) is 9.75. The Kier molecular flexibility index (Phi) is 5.54. The zero-order chi connectivity index (χ0) is 21.3. The summed E-state index contributed by atoms with van der Waals surface area (Å²) >= 11 is 0. The molecule has 1 saturated heterocycles. The van der Waals surface area contributed by atoms with Gasteiger partial charge >= 0.3 is 6.09 Å². The molecule has 1 aromatic carbocycles. The van der Waals surface area contributed by atoms with Crippen molar-refractivity contribution in [3.8, 4) is 11.3 Å². The predicted molar refractivity (Wildman–Crippen MR) is 112 cm³/mol. The molecule has 1 aliphatic carbocycles. The van der Waals surface area contributed by atoms with Crippen LogP contribution in [-0.2, 0) is 4.74 Å². The molecule has 2 aromatic rings. The number of amides is 2. The number of piperidine rings is 1. The molecule has 0 unspecified atom stereocenters. The van der Waals surface area contributed by atoms with Crippen LogP contribution in [0, 0.1) is 0 Å². The third-order valence-corrected chi connectivity index (χ3v) is 5.54. The molecule has 2 heterocycles. The number of rotatable bonds is 4. The van der Waals surface area contributed by atoms with Gasteiger partial charge in [0.15, 0.2) is 5.76 Å². The topological polar surface area (TPSA) is 75.9 Å². The summed E-state index contributed by atoms with van der Waals surface area (Å²) in [5, 5.41) is 3.73. The summed E-state index contributed by atoms with van der Waals surface area (Å²) < 4.78 is 10.7. The molecule has 4 rings (SSSR count). The van der Waals surface area contributed by atoms with E-state index in [-0.39, 0.29) is 18.0 Å². The lowest BCUT2D eigenvalue weighted by atomic mass is 10.0. The number of hydrogen-bond acceptors (Lipinski definition) is 5. The Bertz CT molecular complexity index is 874. The summed E-state index contributed by atoms with van der Waals surface area (Å²) in [6.07, 6.45) is 4.98. The molecule has 7 heteroatoms. The van der Waals surface area contributed by atoms with Crippen LogP contribution in [0.15, 0.2) is 41.1 Å². The first kappa shape index (κ1) is 20.4. The maximum Gasteiger partial charge on any atom is 0.410 e. The van der Waals surface area contributed by atoms with Crippen molar-refractivity contribution in [1.29, 1.82) is 0 Å². The van der Waals surface area contributed by atoms with Crippen LogP contribution < -0.4 is 0 Å². The van der Waals surface area contributed by atoms with Crippen molar-refractivity contribution in [2.75, 3.05) is 13.1 Å². The van der Waals surface area contributed by atoms with Gasteiger partial charge in [0.1, 0.15) is 5.60 Å². The third-order valence-electron chi connectivity index (χ3n) is 5.54. The summed E-state index contributed by atoms with van der Waals surface area (Å²) in [5.74, 6) is 0.750. The highest BCUT2D eigenvalue weighted by Gasteiger charge is 2.39. The molecule has 1 saturated carbocycles. The standard InChI is InChI=1S/C23H29N3O4/c1-23(2,3)29-22(28)25-14-11-19(12-15-25)26(18-8-9-18)21(27)17-6-4-16(5-7-17)20-10-13-24-30-20/h4-7,10,13,18-19H,8-9,11-12,14-15H2,1-3H3. The highest BCUT2D eigenvalue weighted by molar-refractivity contribution is 5.95. The van der Waals surface area contributed by atoms with Crippen LogP contribution in [0.1, 0.15) is 56.8 Å². The van der Waals surface area contributed by atoms with Crippen LogP contribution in [0.3, 0.4) is 0 Å². The van der Waals surface area contributed by atoms with E-state index < -0.39 is 5.60 Å². The van der Waals surface area contributed by atoms with Crippen molar-refractivity contribution < 1.29 is 18.8 Å². The SMILES string of the molecule is CC(C)(C)OC(=O)N1CCC(N(C(=O)c2ccc(-c3ccno3)cc2)C2CC2)CC1. The summed E-state index contributed by atoms with van der Waals surface area (Å²) in [6.45, 7) is 6.84. The first-order valence-electron chi connectivity index (χ1n) is 10.6. The molecule has 0 bridgehead atoms. The average Bonchev–Trinajstić information content (AvgIpc) is 3.39. The first-order chi connectivity index (χ1) is 14.3. The number of carbonyl (C=O) groups is 2. The molecular weight excluding hydrogens is 382 g/mol. The van der Waals surface area contributed by atoms with Gasteiger partial charge < -0.3 is 19.1 Å². The van der Waals surface area contributed by atoms with E-state index in [2.05, 4.69) is 10.1 Å². The second-order valence-electron chi connectivity index (χ2n) is 9.10. The average molecular weight is 412 g/mol. The zero-order valence-corrected chi connectivity index (χ0v) is 17.8. The minimum atomic E-state index is -0.498. The van der Waals surface area contributed by atoms with E-state index in [0.717, 1.165) is 31.2 Å². The molecular formula is C23H29N3O4. The van der Waals surface area contributed by atoms with Crippen LogP contribution in [0.4, 0.5) is 4.79 Å². The van der Waals surface area contributed by atoms with Gasteiger partial charge in [0, 0.05) is 42.4 Å². The van der Waals surface area contributed by atoms with E-state index in [1.54, 1.807) is 17.2 Å². The maximum atomic E-state index is 13.3. The molecule has 0 atom stereocenters. The second kappa shape index (κ2) is 8.13. The number of ether oxygens (including phenoxy) is 1. The first-order valence-corrected chi connectivity index (χ1v) is 10.6. The number of hydrogen-bond donors (Lipinski definition) is 0. The van der Waals surface area contributed by atoms with Crippen molar-refractivity contribution in [3.05, 3.63) is 42.1 Å². The minimum absolute atomic E-state index is 0.0670. The van der Waals surface area contributed by atoms with Gasteiger partial charge in [-0.2, -0.15) is 0 Å². The Morgan fingerprint density at radius 2 is 1.67 bits per heavy atom. The van der Waals surface area contributed by atoms with Crippen LogP contribution in [0.2, 0.25) is 0 Å². The molecule has 1 aliphatic heterocycles. The van der Waals surface area contributed by atoms with E-state index in [1.165, 1.54) is 0 Å². The maximum absolute atomic E-state index is 13.3. The normalized spacial score (nSPS) is 17.6. The van der Waals surface area contributed by atoms with Crippen LogP contribution in [0.25, 0.3) is 11.3 Å². The Hall–Kier alpha value is -2.83. The largest absolute Gasteiger partial charge is 0.444 e. The smallest absolute Gasteiger partial charge is 0.410 e. The number of nitrogens with zero attached hydrogens (tertiary/aromatic N) is 3.